The molecule has 1 aliphatic rings. The number of nitrogens with zero attached hydrogens (tertiary/aromatic N) is 4. The van der Waals surface area contributed by atoms with Crippen LogP contribution in [0.4, 0.5) is 5.82 Å². The topological polar surface area (TPSA) is 64.9 Å². The van der Waals surface area contributed by atoms with Gasteiger partial charge in [0.1, 0.15) is 24.6 Å². The standard InChI is InChI=1S/C15H21N5O/c1-3-21-9-14-18-13(16-2)8-15(19-14)20-10-17-11-6-4-5-7-12(11)20/h8,10H,3-7,9H2,1-2H3,(H,16,18,19). The summed E-state index contributed by atoms with van der Waals surface area (Å²) in [5.74, 6) is 2.35. The van der Waals surface area contributed by atoms with Crippen LogP contribution >= 0.6 is 0 Å². The lowest BCUT2D eigenvalue weighted by molar-refractivity contribution is 0.128. The average Bonchev–Trinajstić information content (AvgIpc) is 2.96. The molecule has 0 spiro atoms. The summed E-state index contributed by atoms with van der Waals surface area (Å²) in [4.78, 5) is 13.6. The van der Waals surface area contributed by atoms with Crippen LogP contribution in [0.1, 0.15) is 37.0 Å². The summed E-state index contributed by atoms with van der Waals surface area (Å²) >= 11 is 0. The fourth-order valence-electron chi connectivity index (χ4n) is 2.66. The Hall–Kier alpha value is -1.95. The summed E-state index contributed by atoms with van der Waals surface area (Å²) in [6, 6.07) is 1.95. The van der Waals surface area contributed by atoms with Crippen molar-refractivity contribution in [1.29, 1.82) is 0 Å². The monoisotopic (exact) mass is 287 g/mol. The van der Waals surface area contributed by atoms with E-state index in [1.165, 1.54) is 24.2 Å². The van der Waals surface area contributed by atoms with Gasteiger partial charge in [-0.1, -0.05) is 0 Å². The van der Waals surface area contributed by atoms with Gasteiger partial charge in [0.2, 0.25) is 0 Å². The molecule has 0 aliphatic heterocycles. The van der Waals surface area contributed by atoms with E-state index in [1.807, 2.05) is 26.4 Å². The molecule has 1 N–H and O–H groups in total. The SMILES string of the molecule is CCOCc1nc(NC)cc(-n2cnc3c2CCCC3)n1. The van der Waals surface area contributed by atoms with Crippen molar-refractivity contribution in [1.82, 2.24) is 19.5 Å². The molecule has 0 bridgehead atoms. The predicted molar refractivity (Wildman–Crippen MR) is 80.7 cm³/mol. The number of ether oxygens (including phenoxy) is 1. The molecule has 3 rings (SSSR count). The van der Waals surface area contributed by atoms with Crippen molar-refractivity contribution >= 4 is 5.82 Å². The Morgan fingerprint density at radius 2 is 2.14 bits per heavy atom. The van der Waals surface area contributed by atoms with E-state index in [2.05, 4.69) is 24.8 Å². The molecule has 6 heteroatoms. The van der Waals surface area contributed by atoms with Crippen LogP contribution < -0.4 is 5.32 Å². The third kappa shape index (κ3) is 2.90. The largest absolute Gasteiger partial charge is 0.374 e. The molecule has 6 nitrogen and oxygen atoms in total. The first kappa shape index (κ1) is 14.0. The van der Waals surface area contributed by atoms with Crippen LogP contribution in [0.5, 0.6) is 0 Å². The van der Waals surface area contributed by atoms with Crippen LogP contribution in [0.3, 0.4) is 0 Å². The molecular weight excluding hydrogens is 266 g/mol. The first-order chi connectivity index (χ1) is 10.3. The molecule has 112 valence electrons. The van der Waals surface area contributed by atoms with E-state index in [-0.39, 0.29) is 0 Å². The highest BCUT2D eigenvalue weighted by molar-refractivity contribution is 5.42. The Bertz CT molecular complexity index is 623. The van der Waals surface area contributed by atoms with Gasteiger partial charge in [-0.25, -0.2) is 15.0 Å². The average molecular weight is 287 g/mol. The van der Waals surface area contributed by atoms with Gasteiger partial charge < -0.3 is 10.1 Å². The van der Waals surface area contributed by atoms with Crippen molar-refractivity contribution in [3.63, 3.8) is 0 Å². The van der Waals surface area contributed by atoms with Crippen molar-refractivity contribution in [2.45, 2.75) is 39.2 Å². The van der Waals surface area contributed by atoms with E-state index in [9.17, 15) is 0 Å². The van der Waals surface area contributed by atoms with E-state index >= 15 is 0 Å². The summed E-state index contributed by atoms with van der Waals surface area (Å²) in [6.45, 7) is 3.05. The van der Waals surface area contributed by atoms with E-state index in [4.69, 9.17) is 4.74 Å². The zero-order valence-electron chi connectivity index (χ0n) is 12.6. The van der Waals surface area contributed by atoms with E-state index in [1.54, 1.807) is 0 Å². The summed E-state index contributed by atoms with van der Waals surface area (Å²) in [6.07, 6.45) is 6.45. The van der Waals surface area contributed by atoms with E-state index in [0.717, 1.165) is 24.5 Å². The lowest BCUT2D eigenvalue weighted by Crippen LogP contribution is -2.11. The van der Waals surface area contributed by atoms with Crippen LogP contribution in [0.25, 0.3) is 5.82 Å². The third-order valence-electron chi connectivity index (χ3n) is 3.73. The maximum atomic E-state index is 5.43. The smallest absolute Gasteiger partial charge is 0.158 e. The van der Waals surface area contributed by atoms with Crippen LogP contribution in [0.2, 0.25) is 0 Å². The second kappa shape index (κ2) is 6.22. The predicted octanol–water partition coefficient (Wildman–Crippen LogP) is 2.12. The van der Waals surface area contributed by atoms with Crippen molar-refractivity contribution in [2.24, 2.45) is 0 Å². The maximum absolute atomic E-state index is 5.43. The Kier molecular flexibility index (Phi) is 4.15. The second-order valence-corrected chi connectivity index (χ2v) is 5.13. The highest BCUT2D eigenvalue weighted by Gasteiger charge is 2.17. The number of aromatic nitrogens is 4. The number of nitrogens with one attached hydrogen (secondary N) is 1. The summed E-state index contributed by atoms with van der Waals surface area (Å²) in [7, 11) is 1.86. The maximum Gasteiger partial charge on any atom is 0.158 e. The molecule has 1 aliphatic carbocycles. The van der Waals surface area contributed by atoms with Crippen LogP contribution in [0.15, 0.2) is 12.4 Å². The summed E-state index contributed by atoms with van der Waals surface area (Å²) in [5, 5.41) is 3.09. The van der Waals surface area contributed by atoms with Gasteiger partial charge in [-0.15, -0.1) is 0 Å². The first-order valence-electron chi connectivity index (χ1n) is 7.50. The van der Waals surface area contributed by atoms with Crippen LogP contribution in [-0.2, 0) is 24.2 Å². The summed E-state index contributed by atoms with van der Waals surface area (Å²) in [5.41, 5.74) is 2.49. The molecule has 2 heterocycles. The number of rotatable bonds is 5. The highest BCUT2D eigenvalue weighted by atomic mass is 16.5. The van der Waals surface area contributed by atoms with Crippen molar-refractivity contribution < 1.29 is 4.74 Å². The lowest BCUT2D eigenvalue weighted by atomic mass is 10.0. The minimum Gasteiger partial charge on any atom is -0.374 e. The molecule has 0 fully saturated rings. The van der Waals surface area contributed by atoms with Crippen LogP contribution in [0, 0.1) is 0 Å². The Balaban J connectivity index is 1.98. The van der Waals surface area contributed by atoms with Crippen molar-refractivity contribution in [3.8, 4) is 5.82 Å². The normalized spacial score (nSPS) is 14.0. The molecule has 0 aromatic carbocycles. The van der Waals surface area contributed by atoms with Gasteiger partial charge in [0.05, 0.1) is 5.69 Å². The van der Waals surface area contributed by atoms with Gasteiger partial charge in [0.15, 0.2) is 5.82 Å². The number of fused-ring (bicyclic) bond motifs is 1. The van der Waals surface area contributed by atoms with Gasteiger partial charge >= 0.3 is 0 Å². The Morgan fingerprint density at radius 1 is 1.29 bits per heavy atom. The zero-order chi connectivity index (χ0) is 14.7. The minimum atomic E-state index is 0.426. The van der Waals surface area contributed by atoms with Gasteiger partial charge in [-0.05, 0) is 32.6 Å². The van der Waals surface area contributed by atoms with Gasteiger partial charge in [0.25, 0.3) is 0 Å². The van der Waals surface area contributed by atoms with Gasteiger partial charge in [0, 0.05) is 25.4 Å². The van der Waals surface area contributed by atoms with Crippen molar-refractivity contribution in [3.05, 3.63) is 29.6 Å². The minimum absolute atomic E-state index is 0.426. The number of anilines is 1. The van der Waals surface area contributed by atoms with E-state index in [0.29, 0.717) is 19.0 Å². The second-order valence-electron chi connectivity index (χ2n) is 5.13. The molecule has 21 heavy (non-hydrogen) atoms. The quantitative estimate of drug-likeness (QED) is 0.912. The first-order valence-corrected chi connectivity index (χ1v) is 7.50. The Morgan fingerprint density at radius 3 is 2.95 bits per heavy atom. The summed E-state index contributed by atoms with van der Waals surface area (Å²) < 4.78 is 7.52. The molecule has 2 aromatic rings. The van der Waals surface area contributed by atoms with Crippen molar-refractivity contribution in [2.75, 3.05) is 19.0 Å². The molecular formula is C15H21N5O. The van der Waals surface area contributed by atoms with Crippen LogP contribution in [-0.4, -0.2) is 33.2 Å². The fourth-order valence-corrected chi connectivity index (χ4v) is 2.66. The molecule has 0 saturated heterocycles. The molecule has 2 aromatic heterocycles. The molecule has 0 radical (unpaired) electrons. The molecule has 0 saturated carbocycles. The molecule has 0 atom stereocenters. The zero-order valence-corrected chi connectivity index (χ0v) is 12.6. The molecule has 0 amide bonds. The third-order valence-corrected chi connectivity index (χ3v) is 3.73. The lowest BCUT2D eigenvalue weighted by Gasteiger charge is -2.14. The van der Waals surface area contributed by atoms with E-state index < -0.39 is 0 Å². The van der Waals surface area contributed by atoms with Gasteiger partial charge in [-0.3, -0.25) is 4.57 Å². The highest BCUT2D eigenvalue weighted by Crippen LogP contribution is 2.23. The molecule has 0 unspecified atom stereocenters. The number of hydrogen-bond donors (Lipinski definition) is 1. The van der Waals surface area contributed by atoms with Gasteiger partial charge in [-0.2, -0.15) is 0 Å². The number of imidazole rings is 1. The number of aryl methyl sites for hydroxylation is 1. The fraction of sp³-hybridized carbons (Fsp3) is 0.533. The number of hydrogen-bond acceptors (Lipinski definition) is 5. The Labute approximate surface area is 124 Å².